The van der Waals surface area contributed by atoms with Crippen molar-refractivity contribution < 1.29 is 22.6 Å². The van der Waals surface area contributed by atoms with Crippen LogP contribution in [0.15, 0.2) is 24.3 Å². The Morgan fingerprint density at radius 3 is 2.59 bits per heavy atom. The van der Waals surface area contributed by atoms with Crippen LogP contribution < -0.4 is 4.74 Å². The molecule has 1 aromatic carbocycles. The monoisotopic (exact) mass is 248 g/mol. The summed E-state index contributed by atoms with van der Waals surface area (Å²) < 4.78 is 45.5. The Labute approximate surface area is 98.3 Å². The first kappa shape index (κ1) is 13.8. The summed E-state index contributed by atoms with van der Waals surface area (Å²) in [5.41, 5.74) is 0.888. The van der Waals surface area contributed by atoms with E-state index in [2.05, 4.69) is 0 Å². The maximum absolute atomic E-state index is 11.9. The highest BCUT2D eigenvalue weighted by Gasteiger charge is 2.28. The lowest BCUT2D eigenvalue weighted by atomic mass is 10.1. The maximum Gasteiger partial charge on any atom is 0.411 e. The first-order chi connectivity index (χ1) is 7.90. The number of rotatable bonds is 5. The molecule has 0 N–H and O–H groups in total. The predicted octanol–water partition coefficient (Wildman–Crippen LogP) is 3.21. The van der Waals surface area contributed by atoms with E-state index < -0.39 is 18.9 Å². The van der Waals surface area contributed by atoms with Gasteiger partial charge in [-0.05, 0) is 31.0 Å². The highest BCUT2D eigenvalue weighted by atomic mass is 19.4. The standard InChI is InChI=1S/C12H15F3O2/c1-9(17-8-12(13,14)15)6-10-4-3-5-11(7-10)16-2/h3-5,7,9H,6,8H2,1-2H3. The van der Waals surface area contributed by atoms with Gasteiger partial charge in [0.05, 0.1) is 13.2 Å². The molecule has 0 radical (unpaired) electrons. The molecule has 0 bridgehead atoms. The second-order valence-electron chi connectivity index (χ2n) is 3.79. The second-order valence-corrected chi connectivity index (χ2v) is 3.79. The Morgan fingerprint density at radius 2 is 2.00 bits per heavy atom. The van der Waals surface area contributed by atoms with Crippen molar-refractivity contribution in [3.63, 3.8) is 0 Å². The highest BCUT2D eigenvalue weighted by molar-refractivity contribution is 5.28. The third kappa shape index (κ3) is 5.58. The first-order valence-corrected chi connectivity index (χ1v) is 5.22. The summed E-state index contributed by atoms with van der Waals surface area (Å²) in [6.07, 6.45) is -4.33. The maximum atomic E-state index is 11.9. The van der Waals surface area contributed by atoms with E-state index in [9.17, 15) is 13.2 Å². The molecule has 0 spiro atoms. The van der Waals surface area contributed by atoms with Crippen LogP contribution in [0.2, 0.25) is 0 Å². The van der Waals surface area contributed by atoms with E-state index in [4.69, 9.17) is 9.47 Å². The predicted molar refractivity (Wildman–Crippen MR) is 58.2 cm³/mol. The quantitative estimate of drug-likeness (QED) is 0.796. The lowest BCUT2D eigenvalue weighted by Gasteiger charge is -2.15. The van der Waals surface area contributed by atoms with Gasteiger partial charge in [0.15, 0.2) is 0 Å². The van der Waals surface area contributed by atoms with Gasteiger partial charge >= 0.3 is 6.18 Å². The zero-order chi connectivity index (χ0) is 12.9. The fourth-order valence-electron chi connectivity index (χ4n) is 1.43. The molecule has 1 unspecified atom stereocenters. The van der Waals surface area contributed by atoms with Gasteiger partial charge in [-0.25, -0.2) is 0 Å². The third-order valence-electron chi connectivity index (χ3n) is 2.19. The van der Waals surface area contributed by atoms with Crippen LogP contribution in [0.4, 0.5) is 13.2 Å². The van der Waals surface area contributed by atoms with Crippen LogP contribution in [0, 0.1) is 0 Å². The van der Waals surface area contributed by atoms with Crippen molar-refractivity contribution in [1.29, 1.82) is 0 Å². The Hall–Kier alpha value is -1.23. The van der Waals surface area contributed by atoms with E-state index in [-0.39, 0.29) is 0 Å². The Balaban J connectivity index is 2.47. The van der Waals surface area contributed by atoms with Gasteiger partial charge in [0, 0.05) is 0 Å². The normalized spacial score (nSPS) is 13.5. The van der Waals surface area contributed by atoms with Crippen molar-refractivity contribution in [3.8, 4) is 5.75 Å². The summed E-state index contributed by atoms with van der Waals surface area (Å²) in [7, 11) is 1.54. The number of hydrogen-bond acceptors (Lipinski definition) is 2. The molecule has 96 valence electrons. The Bertz CT molecular complexity index is 350. The summed E-state index contributed by atoms with van der Waals surface area (Å²) in [5.74, 6) is 0.686. The fraction of sp³-hybridized carbons (Fsp3) is 0.500. The molecule has 0 amide bonds. The van der Waals surface area contributed by atoms with Gasteiger partial charge in [0.25, 0.3) is 0 Å². The van der Waals surface area contributed by atoms with Gasteiger partial charge in [-0.3, -0.25) is 0 Å². The Kier molecular flexibility index (Phi) is 4.81. The molecule has 0 heterocycles. The fourth-order valence-corrected chi connectivity index (χ4v) is 1.43. The lowest BCUT2D eigenvalue weighted by Crippen LogP contribution is -2.22. The van der Waals surface area contributed by atoms with E-state index in [1.54, 1.807) is 32.2 Å². The summed E-state index contributed by atoms with van der Waals surface area (Å²) in [4.78, 5) is 0. The molecule has 0 aliphatic heterocycles. The summed E-state index contributed by atoms with van der Waals surface area (Å²) in [5, 5.41) is 0. The van der Waals surface area contributed by atoms with Crippen molar-refractivity contribution >= 4 is 0 Å². The molecular weight excluding hydrogens is 233 g/mol. The van der Waals surface area contributed by atoms with Crippen molar-refractivity contribution in [2.75, 3.05) is 13.7 Å². The molecule has 17 heavy (non-hydrogen) atoms. The summed E-state index contributed by atoms with van der Waals surface area (Å²) >= 11 is 0. The van der Waals surface area contributed by atoms with Crippen molar-refractivity contribution in [3.05, 3.63) is 29.8 Å². The Morgan fingerprint density at radius 1 is 1.29 bits per heavy atom. The molecule has 5 heteroatoms. The zero-order valence-corrected chi connectivity index (χ0v) is 9.75. The molecule has 0 aliphatic carbocycles. The molecule has 1 rings (SSSR count). The summed E-state index contributed by atoms with van der Waals surface area (Å²) in [6.45, 7) is 0.406. The van der Waals surface area contributed by atoms with Crippen LogP contribution in [-0.2, 0) is 11.2 Å². The molecule has 0 aromatic heterocycles. The van der Waals surface area contributed by atoms with Crippen molar-refractivity contribution in [2.45, 2.75) is 25.6 Å². The molecular formula is C12H15F3O2. The minimum absolute atomic E-state index is 0.424. The minimum atomic E-state index is -4.28. The number of halogens is 3. The number of methoxy groups -OCH3 is 1. The van der Waals surface area contributed by atoms with Crippen LogP contribution in [-0.4, -0.2) is 26.0 Å². The molecule has 0 saturated carbocycles. The van der Waals surface area contributed by atoms with Crippen LogP contribution in [0.25, 0.3) is 0 Å². The average molecular weight is 248 g/mol. The number of alkyl halides is 3. The number of hydrogen-bond donors (Lipinski definition) is 0. The zero-order valence-electron chi connectivity index (χ0n) is 9.75. The lowest BCUT2D eigenvalue weighted by molar-refractivity contribution is -0.183. The number of benzene rings is 1. The van der Waals surface area contributed by atoms with E-state index in [1.165, 1.54) is 0 Å². The molecule has 0 fully saturated rings. The molecule has 2 nitrogen and oxygen atoms in total. The van der Waals surface area contributed by atoms with Gasteiger partial charge < -0.3 is 9.47 Å². The van der Waals surface area contributed by atoms with Crippen LogP contribution >= 0.6 is 0 Å². The van der Waals surface area contributed by atoms with E-state index in [0.717, 1.165) is 5.56 Å². The molecule has 1 aromatic rings. The first-order valence-electron chi connectivity index (χ1n) is 5.22. The van der Waals surface area contributed by atoms with E-state index in [0.29, 0.717) is 12.2 Å². The van der Waals surface area contributed by atoms with Gasteiger partial charge in [-0.15, -0.1) is 0 Å². The van der Waals surface area contributed by atoms with Gasteiger partial charge in [0.2, 0.25) is 0 Å². The smallest absolute Gasteiger partial charge is 0.411 e. The highest BCUT2D eigenvalue weighted by Crippen LogP contribution is 2.18. The van der Waals surface area contributed by atoms with Crippen LogP contribution in [0.5, 0.6) is 5.75 Å². The van der Waals surface area contributed by atoms with E-state index >= 15 is 0 Å². The SMILES string of the molecule is COc1cccc(CC(C)OCC(F)(F)F)c1. The van der Waals surface area contributed by atoms with Gasteiger partial charge in [-0.1, -0.05) is 12.1 Å². The van der Waals surface area contributed by atoms with Crippen molar-refractivity contribution in [2.24, 2.45) is 0 Å². The third-order valence-corrected chi connectivity index (χ3v) is 2.19. The second kappa shape index (κ2) is 5.91. The van der Waals surface area contributed by atoms with Crippen LogP contribution in [0.1, 0.15) is 12.5 Å². The van der Waals surface area contributed by atoms with Crippen molar-refractivity contribution in [1.82, 2.24) is 0 Å². The minimum Gasteiger partial charge on any atom is -0.497 e. The van der Waals surface area contributed by atoms with Gasteiger partial charge in [0.1, 0.15) is 12.4 Å². The summed E-state index contributed by atoms with van der Waals surface area (Å²) in [6, 6.07) is 7.19. The average Bonchev–Trinajstić information content (AvgIpc) is 2.26. The molecule has 1 atom stereocenters. The van der Waals surface area contributed by atoms with Gasteiger partial charge in [-0.2, -0.15) is 13.2 Å². The molecule has 0 saturated heterocycles. The van der Waals surface area contributed by atoms with E-state index in [1.807, 2.05) is 6.07 Å². The number of ether oxygens (including phenoxy) is 2. The van der Waals surface area contributed by atoms with Crippen LogP contribution in [0.3, 0.4) is 0 Å². The largest absolute Gasteiger partial charge is 0.497 e. The molecule has 0 aliphatic rings. The topological polar surface area (TPSA) is 18.5 Å².